The third kappa shape index (κ3) is 2.99. The molecule has 5 heteroatoms. The zero-order valence-electron chi connectivity index (χ0n) is 11.7. The smallest absolute Gasteiger partial charge is 0.326 e. The number of aliphatic carboxylic acids is 1. The maximum atomic E-state index is 12.5. The molecule has 0 aromatic heterocycles. The standard InChI is InChI=1S/C15H19NO4/c1-9-5-10(2)7-11(6-9)14(18)16-4-3-12(17)8-13(16)15(19)20/h5-7,12-13,17H,3-4,8H2,1-2H3,(H,19,20)/t12-,13+/m0/s1. The molecule has 2 N–H and O–H groups in total. The largest absolute Gasteiger partial charge is 0.480 e. The molecule has 0 saturated carbocycles. The molecule has 0 spiro atoms. The molecule has 1 saturated heterocycles. The number of carbonyl (C=O) groups excluding carboxylic acids is 1. The molecule has 2 rings (SSSR count). The van der Waals surface area contributed by atoms with Gasteiger partial charge in [-0.2, -0.15) is 0 Å². The molecule has 0 bridgehead atoms. The van der Waals surface area contributed by atoms with E-state index >= 15 is 0 Å². The summed E-state index contributed by atoms with van der Waals surface area (Å²) in [6.07, 6.45) is -0.147. The first-order valence-electron chi connectivity index (χ1n) is 6.68. The Bertz CT molecular complexity index is 520. The predicted octanol–water partition coefficient (Wildman–Crippen LogP) is 1.35. The first-order valence-corrected chi connectivity index (χ1v) is 6.68. The first-order chi connectivity index (χ1) is 9.38. The van der Waals surface area contributed by atoms with Gasteiger partial charge in [-0.1, -0.05) is 17.2 Å². The first kappa shape index (κ1) is 14.5. The number of hydrogen-bond acceptors (Lipinski definition) is 3. The van der Waals surface area contributed by atoms with Crippen molar-refractivity contribution in [2.24, 2.45) is 0 Å². The van der Waals surface area contributed by atoms with Crippen LogP contribution in [-0.2, 0) is 4.79 Å². The van der Waals surface area contributed by atoms with Gasteiger partial charge in [-0.25, -0.2) is 4.79 Å². The van der Waals surface area contributed by atoms with Crippen LogP contribution in [0.5, 0.6) is 0 Å². The van der Waals surface area contributed by atoms with Crippen LogP contribution in [-0.4, -0.2) is 45.7 Å². The van der Waals surface area contributed by atoms with Crippen LogP contribution < -0.4 is 0 Å². The summed E-state index contributed by atoms with van der Waals surface area (Å²) in [6.45, 7) is 4.07. The van der Waals surface area contributed by atoms with Gasteiger partial charge in [-0.15, -0.1) is 0 Å². The third-order valence-electron chi connectivity index (χ3n) is 3.59. The highest BCUT2D eigenvalue weighted by molar-refractivity contribution is 5.97. The van der Waals surface area contributed by atoms with Gasteiger partial charge in [0, 0.05) is 18.5 Å². The Hall–Kier alpha value is -1.88. The molecule has 1 heterocycles. The van der Waals surface area contributed by atoms with Crippen molar-refractivity contribution in [1.82, 2.24) is 4.90 Å². The van der Waals surface area contributed by atoms with Crippen LogP contribution in [0.25, 0.3) is 0 Å². The van der Waals surface area contributed by atoms with Crippen molar-refractivity contribution in [1.29, 1.82) is 0 Å². The third-order valence-corrected chi connectivity index (χ3v) is 3.59. The Morgan fingerprint density at radius 3 is 2.35 bits per heavy atom. The number of likely N-dealkylation sites (tertiary alicyclic amines) is 1. The predicted molar refractivity (Wildman–Crippen MR) is 73.6 cm³/mol. The minimum absolute atomic E-state index is 0.0892. The lowest BCUT2D eigenvalue weighted by Crippen LogP contribution is -2.51. The van der Waals surface area contributed by atoms with Crippen LogP contribution in [0.1, 0.15) is 34.3 Å². The molecular formula is C15H19NO4. The summed E-state index contributed by atoms with van der Waals surface area (Å²) in [7, 11) is 0. The van der Waals surface area contributed by atoms with E-state index in [1.54, 1.807) is 12.1 Å². The van der Waals surface area contributed by atoms with E-state index < -0.39 is 18.1 Å². The van der Waals surface area contributed by atoms with Crippen molar-refractivity contribution in [3.63, 3.8) is 0 Å². The molecule has 108 valence electrons. The van der Waals surface area contributed by atoms with Crippen LogP contribution in [0.4, 0.5) is 0 Å². The number of carbonyl (C=O) groups is 2. The molecule has 0 unspecified atom stereocenters. The van der Waals surface area contributed by atoms with Crippen LogP contribution in [0, 0.1) is 13.8 Å². The number of aliphatic hydroxyl groups excluding tert-OH is 1. The SMILES string of the molecule is Cc1cc(C)cc(C(=O)N2CC[C@H](O)C[C@@H]2C(=O)O)c1. The molecule has 1 aliphatic heterocycles. The zero-order chi connectivity index (χ0) is 14.9. The van der Waals surface area contributed by atoms with Crippen molar-refractivity contribution < 1.29 is 19.8 Å². The lowest BCUT2D eigenvalue weighted by molar-refractivity contribution is -0.145. The number of rotatable bonds is 2. The molecule has 1 amide bonds. The second-order valence-corrected chi connectivity index (χ2v) is 5.41. The summed E-state index contributed by atoms with van der Waals surface area (Å²) < 4.78 is 0. The van der Waals surface area contributed by atoms with Crippen LogP contribution in [0.2, 0.25) is 0 Å². The van der Waals surface area contributed by atoms with Crippen LogP contribution in [0.3, 0.4) is 0 Å². The van der Waals surface area contributed by atoms with Crippen LogP contribution >= 0.6 is 0 Å². The summed E-state index contributed by atoms with van der Waals surface area (Å²) in [5.74, 6) is -1.35. The van der Waals surface area contributed by atoms with E-state index in [0.29, 0.717) is 12.0 Å². The molecule has 2 atom stereocenters. The lowest BCUT2D eigenvalue weighted by atomic mass is 9.97. The normalized spacial score (nSPS) is 22.6. The van der Waals surface area contributed by atoms with E-state index in [1.165, 1.54) is 4.90 Å². The number of hydrogen-bond donors (Lipinski definition) is 2. The van der Waals surface area contributed by atoms with Crippen LogP contribution in [0.15, 0.2) is 18.2 Å². The fourth-order valence-corrected chi connectivity index (χ4v) is 2.69. The van der Waals surface area contributed by atoms with Gasteiger partial charge in [0.05, 0.1) is 6.10 Å². The number of carboxylic acid groups (broad SMARTS) is 1. The van der Waals surface area contributed by atoms with Gasteiger partial charge in [0.1, 0.15) is 6.04 Å². The topological polar surface area (TPSA) is 77.8 Å². The Balaban J connectivity index is 2.28. The average molecular weight is 277 g/mol. The monoisotopic (exact) mass is 277 g/mol. The van der Waals surface area contributed by atoms with E-state index in [-0.39, 0.29) is 18.9 Å². The van der Waals surface area contributed by atoms with Gasteiger partial charge >= 0.3 is 5.97 Å². The number of benzene rings is 1. The average Bonchev–Trinajstić information content (AvgIpc) is 2.36. The summed E-state index contributed by atoms with van der Waals surface area (Å²) in [5.41, 5.74) is 2.44. The maximum Gasteiger partial charge on any atom is 0.326 e. The van der Waals surface area contributed by atoms with Gasteiger partial charge in [0.15, 0.2) is 0 Å². The van der Waals surface area contributed by atoms with Gasteiger partial charge in [0.25, 0.3) is 5.91 Å². The number of amides is 1. The lowest BCUT2D eigenvalue weighted by Gasteiger charge is -2.35. The van der Waals surface area contributed by atoms with Gasteiger partial charge < -0.3 is 15.1 Å². The minimum Gasteiger partial charge on any atom is -0.480 e. The van der Waals surface area contributed by atoms with Crippen molar-refractivity contribution in [3.8, 4) is 0 Å². The number of carboxylic acids is 1. The Kier molecular flexibility index (Phi) is 4.09. The Labute approximate surface area is 117 Å². The molecule has 20 heavy (non-hydrogen) atoms. The van der Waals surface area contributed by atoms with Gasteiger partial charge in [0.2, 0.25) is 0 Å². The fraction of sp³-hybridized carbons (Fsp3) is 0.467. The Morgan fingerprint density at radius 2 is 1.80 bits per heavy atom. The molecule has 5 nitrogen and oxygen atoms in total. The number of nitrogens with zero attached hydrogens (tertiary/aromatic N) is 1. The summed E-state index contributed by atoms with van der Waals surface area (Å²) in [5, 5.41) is 18.8. The van der Waals surface area contributed by atoms with E-state index in [0.717, 1.165) is 11.1 Å². The quantitative estimate of drug-likeness (QED) is 0.855. The highest BCUT2D eigenvalue weighted by atomic mass is 16.4. The molecular weight excluding hydrogens is 258 g/mol. The maximum absolute atomic E-state index is 12.5. The summed E-state index contributed by atoms with van der Waals surface area (Å²) in [4.78, 5) is 25.1. The molecule has 0 aliphatic carbocycles. The van der Waals surface area contributed by atoms with Crippen molar-refractivity contribution >= 4 is 11.9 Å². The van der Waals surface area contributed by atoms with Gasteiger partial charge in [-0.3, -0.25) is 4.79 Å². The summed E-state index contributed by atoms with van der Waals surface area (Å²) in [6, 6.07) is 4.54. The summed E-state index contributed by atoms with van der Waals surface area (Å²) >= 11 is 0. The second kappa shape index (κ2) is 5.63. The van der Waals surface area contributed by atoms with E-state index in [2.05, 4.69) is 0 Å². The van der Waals surface area contributed by atoms with E-state index in [1.807, 2.05) is 19.9 Å². The molecule has 1 aliphatic rings. The highest BCUT2D eigenvalue weighted by Crippen LogP contribution is 2.21. The number of aryl methyl sites for hydroxylation is 2. The minimum atomic E-state index is -1.07. The van der Waals surface area contributed by atoms with Crippen molar-refractivity contribution in [2.45, 2.75) is 38.8 Å². The van der Waals surface area contributed by atoms with E-state index in [4.69, 9.17) is 0 Å². The molecule has 1 aromatic rings. The number of aliphatic hydroxyl groups is 1. The van der Waals surface area contributed by atoms with Crippen molar-refractivity contribution in [2.75, 3.05) is 6.54 Å². The second-order valence-electron chi connectivity index (χ2n) is 5.41. The molecule has 1 fully saturated rings. The number of piperidine rings is 1. The molecule has 1 aromatic carbocycles. The fourth-order valence-electron chi connectivity index (χ4n) is 2.69. The van der Waals surface area contributed by atoms with E-state index in [9.17, 15) is 19.8 Å². The highest BCUT2D eigenvalue weighted by Gasteiger charge is 2.35. The van der Waals surface area contributed by atoms with Gasteiger partial charge in [-0.05, 0) is 32.4 Å². The molecule has 0 radical (unpaired) electrons. The zero-order valence-corrected chi connectivity index (χ0v) is 11.7. The van der Waals surface area contributed by atoms with Crippen molar-refractivity contribution in [3.05, 3.63) is 34.9 Å². The Morgan fingerprint density at radius 1 is 1.20 bits per heavy atom.